The molecule has 0 spiro atoms. The van der Waals surface area contributed by atoms with Crippen LogP contribution in [0.5, 0.6) is 11.5 Å². The molecule has 0 unspecified atom stereocenters. The predicted octanol–water partition coefficient (Wildman–Crippen LogP) is 2.19. The van der Waals surface area contributed by atoms with Crippen molar-refractivity contribution < 1.29 is 9.47 Å². The predicted molar refractivity (Wildman–Crippen MR) is 106 cm³/mol. The molecule has 1 aromatic heterocycles. The van der Waals surface area contributed by atoms with Gasteiger partial charge in [0.05, 0.1) is 43.9 Å². The van der Waals surface area contributed by atoms with E-state index in [2.05, 4.69) is 29.3 Å². The molecule has 0 fully saturated rings. The molecular formula is C22H19N3O2. The molecule has 134 valence electrons. The summed E-state index contributed by atoms with van der Waals surface area (Å²) in [5.41, 5.74) is 5.62. The quantitative estimate of drug-likeness (QED) is 0.719. The summed E-state index contributed by atoms with van der Waals surface area (Å²) in [5.74, 6) is 1.40. The van der Waals surface area contributed by atoms with E-state index in [9.17, 15) is 0 Å². The largest absolute Gasteiger partial charge is 0.493 e. The highest BCUT2D eigenvalue weighted by molar-refractivity contribution is 5.85. The molecule has 0 atom stereocenters. The van der Waals surface area contributed by atoms with E-state index in [1.54, 1.807) is 14.2 Å². The van der Waals surface area contributed by atoms with E-state index in [1.165, 1.54) is 16.7 Å². The van der Waals surface area contributed by atoms with Crippen LogP contribution in [0.15, 0.2) is 40.3 Å². The molecule has 5 heteroatoms. The van der Waals surface area contributed by atoms with E-state index >= 15 is 0 Å². The second kappa shape index (κ2) is 6.20. The van der Waals surface area contributed by atoms with Crippen LogP contribution in [0.2, 0.25) is 0 Å². The van der Waals surface area contributed by atoms with Crippen LogP contribution in [-0.2, 0) is 13.0 Å². The number of ether oxygens (including phenoxy) is 2. The van der Waals surface area contributed by atoms with Crippen molar-refractivity contribution in [3.63, 3.8) is 0 Å². The van der Waals surface area contributed by atoms with Gasteiger partial charge in [-0.3, -0.25) is 15.0 Å². The van der Waals surface area contributed by atoms with Gasteiger partial charge in [-0.2, -0.15) is 0 Å². The van der Waals surface area contributed by atoms with Crippen LogP contribution in [0, 0.1) is 0 Å². The van der Waals surface area contributed by atoms with Crippen molar-refractivity contribution >= 4 is 23.2 Å². The number of hydrogen-bond acceptors (Lipinski definition) is 5. The Kier molecular flexibility index (Phi) is 3.67. The summed E-state index contributed by atoms with van der Waals surface area (Å²) in [5, 5.41) is 3.18. The van der Waals surface area contributed by atoms with Crippen LogP contribution < -0.4 is 20.0 Å². The highest BCUT2D eigenvalue weighted by atomic mass is 16.5. The molecule has 2 aliphatic rings. The summed E-state index contributed by atoms with van der Waals surface area (Å²) in [6, 6.07) is 10.5. The molecule has 0 saturated carbocycles. The van der Waals surface area contributed by atoms with E-state index in [0.29, 0.717) is 18.0 Å². The molecule has 3 heterocycles. The van der Waals surface area contributed by atoms with Gasteiger partial charge in [0.1, 0.15) is 0 Å². The molecule has 0 saturated heterocycles. The molecule has 0 amide bonds. The number of rotatable bonds is 4. The van der Waals surface area contributed by atoms with Gasteiger partial charge in [-0.25, -0.2) is 0 Å². The maximum atomic E-state index is 5.46. The van der Waals surface area contributed by atoms with Crippen molar-refractivity contribution in [1.82, 2.24) is 4.98 Å². The van der Waals surface area contributed by atoms with Crippen LogP contribution in [0.25, 0.3) is 17.0 Å². The highest BCUT2D eigenvalue weighted by Gasteiger charge is 2.15. The third-order valence-corrected chi connectivity index (χ3v) is 5.19. The van der Waals surface area contributed by atoms with E-state index in [0.717, 1.165) is 40.1 Å². The first-order chi connectivity index (χ1) is 13.3. The molecule has 2 aromatic carbocycles. The van der Waals surface area contributed by atoms with Gasteiger partial charge in [0.15, 0.2) is 11.5 Å². The third-order valence-electron chi connectivity index (χ3n) is 5.19. The Hall–Kier alpha value is -3.21. The van der Waals surface area contributed by atoms with Gasteiger partial charge in [-0.15, -0.1) is 0 Å². The van der Waals surface area contributed by atoms with Crippen molar-refractivity contribution in [2.45, 2.75) is 13.0 Å². The van der Waals surface area contributed by atoms with Gasteiger partial charge in [0, 0.05) is 29.3 Å². The lowest BCUT2D eigenvalue weighted by Gasteiger charge is -2.11. The molecule has 0 N–H and O–H groups in total. The van der Waals surface area contributed by atoms with Gasteiger partial charge < -0.3 is 9.47 Å². The fraction of sp³-hybridized carbons (Fsp3) is 0.227. The Labute approximate surface area is 156 Å². The average molecular weight is 357 g/mol. The van der Waals surface area contributed by atoms with E-state index in [4.69, 9.17) is 19.5 Å². The standard InChI is InChI=1S/C22H19N3O2/c1-26-20-9-17-16-5-6-24-22(16)19(25-18(17)10-21(20)27-2)8-13-3-4-14-11-23-12-15(14)7-13/h3-5,7,9-11H,6,8,12H2,1-2H3. The highest BCUT2D eigenvalue weighted by Crippen LogP contribution is 2.30. The lowest BCUT2D eigenvalue weighted by molar-refractivity contribution is 0.355. The van der Waals surface area contributed by atoms with Crippen molar-refractivity contribution in [3.8, 4) is 11.5 Å². The lowest BCUT2D eigenvalue weighted by atomic mass is 10.0. The van der Waals surface area contributed by atoms with Gasteiger partial charge in [-0.1, -0.05) is 24.3 Å². The number of aliphatic imine (C=N–C) groups is 1. The van der Waals surface area contributed by atoms with E-state index < -0.39 is 0 Å². The molecule has 2 aliphatic heterocycles. The van der Waals surface area contributed by atoms with Crippen LogP contribution in [-0.4, -0.2) is 32.0 Å². The third kappa shape index (κ3) is 2.58. The maximum absolute atomic E-state index is 5.46. The summed E-state index contributed by atoms with van der Waals surface area (Å²) in [6.45, 7) is 1.46. The number of fused-ring (bicyclic) bond motifs is 4. The van der Waals surface area contributed by atoms with E-state index in [1.807, 2.05) is 18.3 Å². The minimum absolute atomic E-state index is 0.688. The molecule has 5 nitrogen and oxygen atoms in total. The molecule has 0 aliphatic carbocycles. The van der Waals surface area contributed by atoms with Gasteiger partial charge in [0.2, 0.25) is 0 Å². The Bertz CT molecular complexity index is 1230. The normalized spacial score (nSPS) is 13.9. The van der Waals surface area contributed by atoms with Crippen LogP contribution in [0.3, 0.4) is 0 Å². The number of hydrogen-bond donors (Lipinski definition) is 0. The fourth-order valence-corrected chi connectivity index (χ4v) is 3.86. The first-order valence-electron chi connectivity index (χ1n) is 8.98. The lowest BCUT2D eigenvalue weighted by Crippen LogP contribution is -2.29. The number of pyridine rings is 1. The number of aromatic nitrogens is 1. The second-order valence-corrected chi connectivity index (χ2v) is 6.77. The van der Waals surface area contributed by atoms with Crippen molar-refractivity contribution in [2.24, 2.45) is 9.98 Å². The summed E-state index contributed by atoms with van der Waals surface area (Å²) in [4.78, 5) is 14.0. The summed E-state index contributed by atoms with van der Waals surface area (Å²) in [7, 11) is 3.30. The summed E-state index contributed by atoms with van der Waals surface area (Å²) >= 11 is 0. The minimum atomic E-state index is 0.688. The zero-order valence-electron chi connectivity index (χ0n) is 15.3. The maximum Gasteiger partial charge on any atom is 0.162 e. The number of benzene rings is 2. The van der Waals surface area contributed by atoms with E-state index in [-0.39, 0.29) is 0 Å². The SMILES string of the molecule is COc1cc2nc(Cc3ccc4c(c3)CN=C4)c3c(c2cc1OC)=CCN=3. The van der Waals surface area contributed by atoms with Crippen LogP contribution >= 0.6 is 0 Å². The number of methoxy groups -OCH3 is 2. The first-order valence-corrected chi connectivity index (χ1v) is 8.98. The molecule has 5 rings (SSSR count). The summed E-state index contributed by atoms with van der Waals surface area (Å²) in [6.07, 6.45) is 4.84. The Balaban J connectivity index is 1.66. The number of nitrogens with zero attached hydrogens (tertiary/aromatic N) is 3. The molecule has 0 radical (unpaired) electrons. The zero-order valence-corrected chi connectivity index (χ0v) is 15.3. The monoisotopic (exact) mass is 357 g/mol. The molecule has 3 aromatic rings. The smallest absolute Gasteiger partial charge is 0.162 e. The van der Waals surface area contributed by atoms with Crippen LogP contribution in [0.4, 0.5) is 0 Å². The molecule has 27 heavy (non-hydrogen) atoms. The van der Waals surface area contributed by atoms with Gasteiger partial charge >= 0.3 is 0 Å². The Morgan fingerprint density at radius 1 is 1.04 bits per heavy atom. The Morgan fingerprint density at radius 2 is 1.89 bits per heavy atom. The van der Waals surface area contributed by atoms with Gasteiger partial charge in [0.25, 0.3) is 0 Å². The second-order valence-electron chi connectivity index (χ2n) is 6.77. The van der Waals surface area contributed by atoms with Crippen molar-refractivity contribution in [2.75, 3.05) is 20.8 Å². The molecule has 0 bridgehead atoms. The average Bonchev–Trinajstić information content (AvgIpc) is 3.36. The van der Waals surface area contributed by atoms with Crippen LogP contribution in [0.1, 0.15) is 22.4 Å². The molecular weight excluding hydrogens is 338 g/mol. The minimum Gasteiger partial charge on any atom is -0.493 e. The fourth-order valence-electron chi connectivity index (χ4n) is 3.86. The van der Waals surface area contributed by atoms with Crippen molar-refractivity contribution in [1.29, 1.82) is 0 Å². The van der Waals surface area contributed by atoms with Crippen molar-refractivity contribution in [3.05, 3.63) is 63.3 Å². The summed E-state index contributed by atoms with van der Waals surface area (Å²) < 4.78 is 10.9. The van der Waals surface area contributed by atoms with Gasteiger partial charge in [-0.05, 0) is 22.8 Å². The Morgan fingerprint density at radius 3 is 2.74 bits per heavy atom. The zero-order chi connectivity index (χ0) is 18.4. The first kappa shape index (κ1) is 16.0. The topological polar surface area (TPSA) is 56.1 Å².